The third-order valence-corrected chi connectivity index (χ3v) is 2.80. The van der Waals surface area contributed by atoms with Crippen molar-refractivity contribution in [3.63, 3.8) is 0 Å². The van der Waals surface area contributed by atoms with Crippen LogP contribution in [0.3, 0.4) is 0 Å². The number of aromatic carboxylic acids is 1. The van der Waals surface area contributed by atoms with E-state index in [1.165, 1.54) is 12.3 Å². The molecule has 0 aliphatic rings. The number of thioether (sulfide) groups is 1. The predicted molar refractivity (Wildman–Crippen MR) is 60.5 cm³/mol. The summed E-state index contributed by atoms with van der Waals surface area (Å²) in [6.45, 7) is 2.78. The number of nitrogens with one attached hydrogen (secondary N) is 1. The molecule has 82 valence electrons. The first-order valence-corrected chi connectivity index (χ1v) is 5.75. The minimum atomic E-state index is -1.04. The van der Waals surface area contributed by atoms with Crippen molar-refractivity contribution in [3.8, 4) is 0 Å². The first-order chi connectivity index (χ1) is 7.13. The van der Waals surface area contributed by atoms with Gasteiger partial charge in [-0.25, -0.2) is 14.8 Å². The van der Waals surface area contributed by atoms with E-state index in [1.54, 1.807) is 11.8 Å². The van der Waals surface area contributed by atoms with Crippen LogP contribution in [0, 0.1) is 0 Å². The summed E-state index contributed by atoms with van der Waals surface area (Å²) < 4.78 is 0. The lowest BCUT2D eigenvalue weighted by atomic mass is 10.4. The smallest absolute Gasteiger partial charge is 0.354 e. The molecule has 0 bridgehead atoms. The van der Waals surface area contributed by atoms with E-state index in [-0.39, 0.29) is 5.69 Å². The largest absolute Gasteiger partial charge is 0.477 e. The van der Waals surface area contributed by atoms with Crippen LogP contribution in [0.15, 0.2) is 12.3 Å². The monoisotopic (exact) mass is 227 g/mol. The molecule has 0 saturated carbocycles. The van der Waals surface area contributed by atoms with Crippen molar-refractivity contribution in [2.24, 2.45) is 0 Å². The molecule has 1 aromatic rings. The lowest BCUT2D eigenvalue weighted by Gasteiger charge is -2.09. The number of carboxylic acid groups (broad SMARTS) is 1. The van der Waals surface area contributed by atoms with Gasteiger partial charge in [-0.2, -0.15) is 11.8 Å². The van der Waals surface area contributed by atoms with Gasteiger partial charge >= 0.3 is 5.97 Å². The molecule has 15 heavy (non-hydrogen) atoms. The fraction of sp³-hybridized carbons (Fsp3) is 0.444. The molecule has 0 saturated heterocycles. The van der Waals surface area contributed by atoms with Gasteiger partial charge in [-0.15, -0.1) is 0 Å². The normalized spacial score (nSPS) is 12.1. The second kappa shape index (κ2) is 5.55. The van der Waals surface area contributed by atoms with Crippen LogP contribution in [-0.2, 0) is 0 Å². The molecule has 1 aromatic heterocycles. The van der Waals surface area contributed by atoms with Gasteiger partial charge in [-0.1, -0.05) is 6.92 Å². The zero-order valence-electron chi connectivity index (χ0n) is 8.60. The third-order valence-electron chi connectivity index (χ3n) is 1.82. The summed E-state index contributed by atoms with van der Waals surface area (Å²) in [5.74, 6) is -0.686. The lowest BCUT2D eigenvalue weighted by molar-refractivity contribution is 0.0690. The molecule has 2 N–H and O–H groups in total. The molecule has 0 radical (unpaired) electrons. The highest BCUT2D eigenvalue weighted by atomic mass is 32.2. The fourth-order valence-electron chi connectivity index (χ4n) is 0.881. The molecule has 1 atom stereocenters. The molecular formula is C9H13N3O2S. The number of hydrogen-bond donors (Lipinski definition) is 2. The van der Waals surface area contributed by atoms with E-state index in [0.29, 0.717) is 17.7 Å². The van der Waals surface area contributed by atoms with E-state index in [1.807, 2.05) is 6.26 Å². The van der Waals surface area contributed by atoms with Crippen LogP contribution in [0.2, 0.25) is 0 Å². The topological polar surface area (TPSA) is 75.1 Å². The molecule has 0 fully saturated rings. The Morgan fingerprint density at radius 2 is 2.47 bits per heavy atom. The van der Waals surface area contributed by atoms with Crippen molar-refractivity contribution in [2.45, 2.75) is 12.2 Å². The van der Waals surface area contributed by atoms with Gasteiger partial charge in [0.1, 0.15) is 0 Å². The van der Waals surface area contributed by atoms with Gasteiger partial charge in [0, 0.05) is 18.0 Å². The highest BCUT2D eigenvalue weighted by Gasteiger charge is 2.06. The van der Waals surface area contributed by atoms with E-state index in [0.717, 1.165) is 0 Å². The number of anilines is 1. The molecule has 1 rings (SSSR count). The van der Waals surface area contributed by atoms with E-state index in [2.05, 4.69) is 22.2 Å². The number of aromatic nitrogens is 2. The van der Waals surface area contributed by atoms with Crippen molar-refractivity contribution in [1.29, 1.82) is 0 Å². The van der Waals surface area contributed by atoms with Gasteiger partial charge < -0.3 is 10.4 Å². The van der Waals surface area contributed by atoms with Crippen molar-refractivity contribution in [3.05, 3.63) is 18.0 Å². The molecule has 6 heteroatoms. The van der Waals surface area contributed by atoms with Gasteiger partial charge in [0.2, 0.25) is 5.95 Å². The number of carboxylic acids is 1. The van der Waals surface area contributed by atoms with E-state index in [4.69, 9.17) is 5.11 Å². The first-order valence-electron chi connectivity index (χ1n) is 4.46. The third kappa shape index (κ3) is 3.75. The Morgan fingerprint density at radius 1 is 1.73 bits per heavy atom. The van der Waals surface area contributed by atoms with Crippen LogP contribution < -0.4 is 5.32 Å². The highest BCUT2D eigenvalue weighted by molar-refractivity contribution is 7.99. The van der Waals surface area contributed by atoms with E-state index < -0.39 is 5.97 Å². The van der Waals surface area contributed by atoms with E-state index >= 15 is 0 Å². The summed E-state index contributed by atoms with van der Waals surface area (Å²) in [5, 5.41) is 12.1. The molecule has 1 unspecified atom stereocenters. The van der Waals surface area contributed by atoms with Gasteiger partial charge in [0.25, 0.3) is 0 Å². The van der Waals surface area contributed by atoms with Crippen molar-refractivity contribution in [1.82, 2.24) is 9.97 Å². The van der Waals surface area contributed by atoms with Crippen molar-refractivity contribution < 1.29 is 9.90 Å². The van der Waals surface area contributed by atoms with Gasteiger partial charge in [-0.05, 0) is 12.3 Å². The summed E-state index contributed by atoms with van der Waals surface area (Å²) in [5.41, 5.74) is 0.00399. The minimum absolute atomic E-state index is 0.00399. The number of nitrogens with zero attached hydrogens (tertiary/aromatic N) is 2. The van der Waals surface area contributed by atoms with Crippen molar-refractivity contribution in [2.75, 3.05) is 18.1 Å². The second-order valence-electron chi connectivity index (χ2n) is 3.00. The molecule has 0 aromatic carbocycles. The Morgan fingerprint density at radius 3 is 3.07 bits per heavy atom. The lowest BCUT2D eigenvalue weighted by Crippen LogP contribution is -2.15. The Kier molecular flexibility index (Phi) is 4.36. The van der Waals surface area contributed by atoms with Gasteiger partial charge in [0.05, 0.1) is 0 Å². The number of rotatable bonds is 5. The van der Waals surface area contributed by atoms with Gasteiger partial charge in [0.15, 0.2) is 5.69 Å². The average Bonchev–Trinajstić information content (AvgIpc) is 2.26. The van der Waals surface area contributed by atoms with Crippen LogP contribution in [0.1, 0.15) is 17.4 Å². The SMILES string of the molecule is CSC(C)CNc1nccc(C(=O)O)n1. The molecule has 1 heterocycles. The summed E-state index contributed by atoms with van der Waals surface area (Å²) in [6, 6.07) is 1.37. The first kappa shape index (κ1) is 11.8. The summed E-state index contributed by atoms with van der Waals surface area (Å²) >= 11 is 1.72. The van der Waals surface area contributed by atoms with Crippen LogP contribution in [-0.4, -0.2) is 39.1 Å². The molecule has 5 nitrogen and oxygen atoms in total. The Bertz CT molecular complexity index is 346. The second-order valence-corrected chi connectivity index (χ2v) is 4.27. The van der Waals surface area contributed by atoms with Gasteiger partial charge in [-0.3, -0.25) is 0 Å². The Balaban J connectivity index is 2.62. The predicted octanol–water partition coefficient (Wildman–Crippen LogP) is 1.34. The number of hydrogen-bond acceptors (Lipinski definition) is 5. The van der Waals surface area contributed by atoms with Crippen LogP contribution in [0.25, 0.3) is 0 Å². The highest BCUT2D eigenvalue weighted by Crippen LogP contribution is 2.06. The maximum atomic E-state index is 10.6. The minimum Gasteiger partial charge on any atom is -0.477 e. The maximum Gasteiger partial charge on any atom is 0.354 e. The average molecular weight is 227 g/mol. The van der Waals surface area contributed by atoms with Crippen molar-refractivity contribution >= 4 is 23.7 Å². The number of carbonyl (C=O) groups is 1. The quantitative estimate of drug-likeness (QED) is 0.790. The fourth-order valence-corrected chi connectivity index (χ4v) is 1.13. The molecule has 0 amide bonds. The van der Waals surface area contributed by atoms with Crippen LogP contribution >= 0.6 is 11.8 Å². The standard InChI is InChI=1S/C9H13N3O2S/c1-6(15-2)5-11-9-10-4-3-7(12-9)8(13)14/h3-4,6H,5H2,1-2H3,(H,13,14)(H,10,11,12). The molecular weight excluding hydrogens is 214 g/mol. The summed E-state index contributed by atoms with van der Waals surface area (Å²) in [6.07, 6.45) is 3.45. The van der Waals surface area contributed by atoms with Crippen LogP contribution in [0.5, 0.6) is 0 Å². The van der Waals surface area contributed by atoms with Crippen LogP contribution in [0.4, 0.5) is 5.95 Å². The van der Waals surface area contributed by atoms with E-state index in [9.17, 15) is 4.79 Å². The zero-order valence-corrected chi connectivity index (χ0v) is 9.41. The summed E-state index contributed by atoms with van der Waals surface area (Å²) in [4.78, 5) is 18.4. The Labute approximate surface area is 92.3 Å². The zero-order chi connectivity index (χ0) is 11.3. The maximum absolute atomic E-state index is 10.6. The summed E-state index contributed by atoms with van der Waals surface area (Å²) in [7, 11) is 0. The molecule has 0 aliphatic carbocycles. The Hall–Kier alpha value is -1.30. The molecule has 0 aliphatic heterocycles. The molecule has 0 spiro atoms.